The van der Waals surface area contributed by atoms with Crippen LogP contribution in [0.25, 0.3) is 0 Å². The molecule has 3 unspecified atom stereocenters. The average molecular weight is 503 g/mol. The summed E-state index contributed by atoms with van der Waals surface area (Å²) in [6.07, 6.45) is 6.96. The number of carbonyl (C=O) groups is 1. The van der Waals surface area contributed by atoms with E-state index in [0.717, 1.165) is 19.4 Å². The molecule has 3 N–H and O–H groups in total. The summed E-state index contributed by atoms with van der Waals surface area (Å²) in [4.78, 5) is 21.5. The number of rotatable bonds is 7. The Morgan fingerprint density at radius 3 is 2.57 bits per heavy atom. The summed E-state index contributed by atoms with van der Waals surface area (Å²) in [6, 6.07) is 10.6. The predicted molar refractivity (Wildman–Crippen MR) is 143 cm³/mol. The van der Waals surface area contributed by atoms with Gasteiger partial charge in [-0.2, -0.15) is 10.2 Å². The third-order valence-electron chi connectivity index (χ3n) is 8.32. The van der Waals surface area contributed by atoms with Gasteiger partial charge in [-0.15, -0.1) is 0 Å². The van der Waals surface area contributed by atoms with Gasteiger partial charge in [0.25, 0.3) is 0 Å². The average Bonchev–Trinajstić information content (AvgIpc) is 2.83. The van der Waals surface area contributed by atoms with E-state index in [2.05, 4.69) is 51.0 Å². The minimum atomic E-state index is -0.495. The topological polar surface area (TPSA) is 112 Å². The van der Waals surface area contributed by atoms with Gasteiger partial charge in [0.15, 0.2) is 0 Å². The summed E-state index contributed by atoms with van der Waals surface area (Å²) >= 11 is 0. The highest BCUT2D eigenvalue weighted by atomic mass is 16.6. The van der Waals surface area contributed by atoms with Gasteiger partial charge in [-0.25, -0.2) is 9.78 Å². The maximum atomic E-state index is 12.5. The Kier molecular flexibility index (Phi) is 6.74. The third-order valence-corrected chi connectivity index (χ3v) is 8.32. The standard InChI is InChI=1S/C29H38N6O2/c1-18-7-5-6-8-20(18)15-31-26-32-16-23(14-30)25(35-26)33-17-29-11-19-9-21(12-29)24(22(10-19)13-29)34-27(36)37-28(2,3)4/h5-8,16,19,21-22,24H,9-13,15,17H2,1-4H3,(H,34,36)(H2,31,32,33,35)/t19?,21-,22+,24?,29?. The number of ether oxygens (including phenoxy) is 1. The highest BCUT2D eigenvalue weighted by molar-refractivity contribution is 5.68. The van der Waals surface area contributed by atoms with Crippen molar-refractivity contribution in [3.05, 3.63) is 47.2 Å². The maximum absolute atomic E-state index is 12.5. The van der Waals surface area contributed by atoms with E-state index in [1.54, 1.807) is 6.20 Å². The lowest BCUT2D eigenvalue weighted by Gasteiger charge is -2.60. The fraction of sp³-hybridized carbons (Fsp3) is 0.586. The normalized spacial score (nSPS) is 27.9. The number of hydrogen-bond acceptors (Lipinski definition) is 7. The van der Waals surface area contributed by atoms with Crippen molar-refractivity contribution in [2.75, 3.05) is 17.2 Å². The maximum Gasteiger partial charge on any atom is 0.407 e. The summed E-state index contributed by atoms with van der Waals surface area (Å²) in [5, 5.41) is 19.7. The zero-order valence-corrected chi connectivity index (χ0v) is 22.3. The van der Waals surface area contributed by atoms with Crippen molar-refractivity contribution in [2.45, 2.75) is 78.0 Å². The SMILES string of the molecule is Cc1ccccc1CNc1ncc(C#N)c(NCC23CC4C[C@H](C2)C(NC(=O)OC(C)(C)C)[C@@H](C4)C3)n1. The van der Waals surface area contributed by atoms with E-state index in [0.29, 0.717) is 41.6 Å². The highest BCUT2D eigenvalue weighted by Crippen LogP contribution is 2.60. The fourth-order valence-corrected chi connectivity index (χ4v) is 7.03. The number of alkyl carbamates (subject to hydrolysis) is 1. The smallest absolute Gasteiger partial charge is 0.407 e. The summed E-state index contributed by atoms with van der Waals surface area (Å²) in [5.74, 6) is 2.73. The molecule has 4 fully saturated rings. The number of aryl methyl sites for hydroxylation is 1. The lowest BCUT2D eigenvalue weighted by atomic mass is 9.48. The molecular weight excluding hydrogens is 464 g/mol. The zero-order valence-electron chi connectivity index (χ0n) is 22.3. The largest absolute Gasteiger partial charge is 0.444 e. The number of hydrogen-bond donors (Lipinski definition) is 3. The second kappa shape index (κ2) is 9.85. The Hall–Kier alpha value is -3.34. The first-order valence-electron chi connectivity index (χ1n) is 13.4. The van der Waals surface area contributed by atoms with E-state index in [9.17, 15) is 10.1 Å². The molecule has 5 atom stereocenters. The van der Waals surface area contributed by atoms with E-state index in [4.69, 9.17) is 4.74 Å². The molecule has 1 aromatic carbocycles. The fourth-order valence-electron chi connectivity index (χ4n) is 7.03. The molecule has 196 valence electrons. The lowest BCUT2D eigenvalue weighted by molar-refractivity contribution is -0.0703. The van der Waals surface area contributed by atoms with Crippen LogP contribution < -0.4 is 16.0 Å². The molecule has 4 bridgehead atoms. The molecule has 0 saturated heterocycles. The molecule has 8 nitrogen and oxygen atoms in total. The summed E-state index contributed by atoms with van der Waals surface area (Å²) in [7, 11) is 0. The van der Waals surface area contributed by atoms with Crippen molar-refractivity contribution in [3.63, 3.8) is 0 Å². The predicted octanol–water partition coefficient (Wildman–Crippen LogP) is 5.40. The van der Waals surface area contributed by atoms with Crippen molar-refractivity contribution in [1.29, 1.82) is 5.26 Å². The molecule has 0 aliphatic heterocycles. The van der Waals surface area contributed by atoms with Crippen LogP contribution in [0.4, 0.5) is 16.6 Å². The Balaban J connectivity index is 1.24. The molecule has 1 aromatic heterocycles. The lowest BCUT2D eigenvalue weighted by Crippen LogP contribution is -2.60. The van der Waals surface area contributed by atoms with E-state index >= 15 is 0 Å². The molecule has 0 spiro atoms. The molecule has 1 amide bonds. The van der Waals surface area contributed by atoms with Crippen LogP contribution >= 0.6 is 0 Å². The minimum absolute atomic E-state index is 0.162. The van der Waals surface area contributed by atoms with Gasteiger partial charge in [0, 0.05) is 19.1 Å². The van der Waals surface area contributed by atoms with Crippen molar-refractivity contribution in [2.24, 2.45) is 23.2 Å². The number of nitrogens with zero attached hydrogens (tertiary/aromatic N) is 3. The molecule has 8 heteroatoms. The van der Waals surface area contributed by atoms with E-state index in [-0.39, 0.29) is 17.6 Å². The van der Waals surface area contributed by atoms with Gasteiger partial charge in [0.05, 0.1) is 6.20 Å². The number of anilines is 2. The number of benzene rings is 1. The number of nitriles is 1. The Morgan fingerprint density at radius 2 is 1.89 bits per heavy atom. The molecule has 2 aromatic rings. The molecule has 1 heterocycles. The van der Waals surface area contributed by atoms with Crippen LogP contribution in [-0.4, -0.2) is 34.2 Å². The van der Waals surface area contributed by atoms with Crippen LogP contribution in [0.5, 0.6) is 0 Å². The molecule has 4 aliphatic rings. The van der Waals surface area contributed by atoms with Gasteiger partial charge in [-0.1, -0.05) is 24.3 Å². The molecule has 6 rings (SSSR count). The van der Waals surface area contributed by atoms with Gasteiger partial charge in [-0.3, -0.25) is 0 Å². The highest BCUT2D eigenvalue weighted by Gasteiger charge is 2.55. The Morgan fingerprint density at radius 1 is 1.16 bits per heavy atom. The quantitative estimate of drug-likeness (QED) is 0.465. The number of amides is 1. The van der Waals surface area contributed by atoms with Gasteiger partial charge in [-0.05, 0) is 94.1 Å². The first kappa shape index (κ1) is 25.3. The Bertz CT molecular complexity index is 1180. The van der Waals surface area contributed by atoms with Crippen LogP contribution in [0.2, 0.25) is 0 Å². The number of aromatic nitrogens is 2. The Labute approximate surface area is 219 Å². The van der Waals surface area contributed by atoms with E-state index in [1.165, 1.54) is 30.4 Å². The second-order valence-electron chi connectivity index (χ2n) is 12.3. The first-order chi connectivity index (χ1) is 17.6. The van der Waals surface area contributed by atoms with Crippen molar-refractivity contribution in [3.8, 4) is 6.07 Å². The van der Waals surface area contributed by atoms with Crippen LogP contribution in [0.15, 0.2) is 30.5 Å². The van der Waals surface area contributed by atoms with Crippen molar-refractivity contribution >= 4 is 17.9 Å². The van der Waals surface area contributed by atoms with E-state index in [1.807, 2.05) is 32.9 Å². The monoisotopic (exact) mass is 502 g/mol. The minimum Gasteiger partial charge on any atom is -0.444 e. The first-order valence-corrected chi connectivity index (χ1v) is 13.4. The van der Waals surface area contributed by atoms with Crippen LogP contribution in [0.1, 0.15) is 69.6 Å². The van der Waals surface area contributed by atoms with Crippen molar-refractivity contribution < 1.29 is 9.53 Å². The second-order valence-corrected chi connectivity index (χ2v) is 12.3. The van der Waals surface area contributed by atoms with Crippen LogP contribution in [0.3, 0.4) is 0 Å². The number of nitrogens with one attached hydrogen (secondary N) is 3. The molecule has 0 radical (unpaired) electrons. The van der Waals surface area contributed by atoms with Gasteiger partial charge in [0.2, 0.25) is 5.95 Å². The third kappa shape index (κ3) is 5.66. The van der Waals surface area contributed by atoms with Crippen LogP contribution in [-0.2, 0) is 11.3 Å². The molecule has 4 aliphatic carbocycles. The summed E-state index contributed by atoms with van der Waals surface area (Å²) < 4.78 is 5.55. The summed E-state index contributed by atoms with van der Waals surface area (Å²) in [5.41, 5.74) is 2.52. The zero-order chi connectivity index (χ0) is 26.2. The number of carbonyl (C=O) groups excluding carboxylic acids is 1. The van der Waals surface area contributed by atoms with Gasteiger partial charge < -0.3 is 20.7 Å². The van der Waals surface area contributed by atoms with E-state index < -0.39 is 5.60 Å². The van der Waals surface area contributed by atoms with Gasteiger partial charge >= 0.3 is 6.09 Å². The summed E-state index contributed by atoms with van der Waals surface area (Å²) in [6.45, 7) is 9.18. The van der Waals surface area contributed by atoms with Gasteiger partial charge in [0.1, 0.15) is 23.1 Å². The molecule has 4 saturated carbocycles. The molecular formula is C29H38N6O2. The van der Waals surface area contributed by atoms with Crippen LogP contribution in [0, 0.1) is 41.4 Å². The van der Waals surface area contributed by atoms with Crippen molar-refractivity contribution in [1.82, 2.24) is 15.3 Å². The molecule has 37 heavy (non-hydrogen) atoms.